The van der Waals surface area contributed by atoms with Crippen molar-refractivity contribution in [3.05, 3.63) is 48.5 Å². The topological polar surface area (TPSA) is 79.7 Å². The molecule has 2 heterocycles. The van der Waals surface area contributed by atoms with Crippen LogP contribution < -0.4 is 10.1 Å². The highest BCUT2D eigenvalue weighted by atomic mass is 16.5. The fourth-order valence-electron chi connectivity index (χ4n) is 3.16. The summed E-state index contributed by atoms with van der Waals surface area (Å²) < 4.78 is 7.63. The standard InChI is InChI=1S/C20H27N5O3/c1-23(2)19(26)14-28-18-5-3-4-16(12-18)13-22-20(27)24-9-6-17(7-10-24)25-11-8-21-15-25/h3-5,8,11-12,15,17H,6-7,9-10,13-14H2,1-2H3,(H,22,27). The molecule has 1 aliphatic heterocycles. The third-order valence-corrected chi connectivity index (χ3v) is 4.90. The lowest BCUT2D eigenvalue weighted by Gasteiger charge is -2.32. The molecule has 1 fully saturated rings. The van der Waals surface area contributed by atoms with Crippen LogP contribution in [0.2, 0.25) is 0 Å². The van der Waals surface area contributed by atoms with Gasteiger partial charge in [0.25, 0.3) is 5.91 Å². The molecule has 0 saturated carbocycles. The summed E-state index contributed by atoms with van der Waals surface area (Å²) in [6.07, 6.45) is 7.44. The molecule has 8 nitrogen and oxygen atoms in total. The zero-order valence-electron chi connectivity index (χ0n) is 16.4. The molecule has 0 spiro atoms. The van der Waals surface area contributed by atoms with Crippen molar-refractivity contribution >= 4 is 11.9 Å². The number of carbonyl (C=O) groups excluding carboxylic acids is 2. The van der Waals surface area contributed by atoms with Crippen LogP contribution in [0.4, 0.5) is 4.79 Å². The first kappa shape index (κ1) is 19.7. The van der Waals surface area contributed by atoms with Crippen LogP contribution in [0.1, 0.15) is 24.4 Å². The average molecular weight is 385 g/mol. The van der Waals surface area contributed by atoms with E-state index in [1.165, 1.54) is 4.90 Å². The number of nitrogens with zero attached hydrogens (tertiary/aromatic N) is 4. The number of likely N-dealkylation sites (N-methyl/N-ethyl adjacent to an activating group) is 1. The number of amides is 3. The number of hydrogen-bond donors (Lipinski definition) is 1. The summed E-state index contributed by atoms with van der Waals surface area (Å²) in [5, 5.41) is 2.97. The van der Waals surface area contributed by atoms with E-state index in [9.17, 15) is 9.59 Å². The Hall–Kier alpha value is -3.03. The van der Waals surface area contributed by atoms with Crippen molar-refractivity contribution in [2.24, 2.45) is 0 Å². The van der Waals surface area contributed by atoms with Gasteiger partial charge in [-0.15, -0.1) is 0 Å². The molecule has 3 amide bonds. The number of aromatic nitrogens is 2. The molecule has 1 N–H and O–H groups in total. The monoisotopic (exact) mass is 385 g/mol. The molecule has 0 bridgehead atoms. The molecule has 3 rings (SSSR count). The van der Waals surface area contributed by atoms with Gasteiger partial charge in [-0.3, -0.25) is 4.79 Å². The van der Waals surface area contributed by atoms with Gasteiger partial charge in [-0.1, -0.05) is 12.1 Å². The lowest BCUT2D eigenvalue weighted by molar-refractivity contribution is -0.130. The summed E-state index contributed by atoms with van der Waals surface area (Å²) in [6, 6.07) is 7.77. The Morgan fingerprint density at radius 2 is 2.07 bits per heavy atom. The van der Waals surface area contributed by atoms with Crippen molar-refractivity contribution in [2.75, 3.05) is 33.8 Å². The van der Waals surface area contributed by atoms with E-state index >= 15 is 0 Å². The predicted octanol–water partition coefficient (Wildman–Crippen LogP) is 1.90. The Kier molecular flexibility index (Phi) is 6.52. The van der Waals surface area contributed by atoms with Crippen molar-refractivity contribution in [3.8, 4) is 5.75 Å². The normalized spacial score (nSPS) is 14.6. The average Bonchev–Trinajstić information content (AvgIpc) is 3.25. The van der Waals surface area contributed by atoms with Crippen molar-refractivity contribution in [2.45, 2.75) is 25.4 Å². The molecule has 1 saturated heterocycles. The Balaban J connectivity index is 1.44. The van der Waals surface area contributed by atoms with E-state index in [1.54, 1.807) is 26.4 Å². The smallest absolute Gasteiger partial charge is 0.317 e. The molecular formula is C20H27N5O3. The number of nitrogens with one attached hydrogen (secondary N) is 1. The molecule has 150 valence electrons. The molecular weight excluding hydrogens is 358 g/mol. The Morgan fingerprint density at radius 1 is 1.29 bits per heavy atom. The molecule has 1 aromatic carbocycles. The van der Waals surface area contributed by atoms with E-state index in [-0.39, 0.29) is 18.5 Å². The van der Waals surface area contributed by atoms with E-state index in [1.807, 2.05) is 35.6 Å². The predicted molar refractivity (Wildman–Crippen MR) is 105 cm³/mol. The molecule has 0 aliphatic carbocycles. The highest BCUT2D eigenvalue weighted by molar-refractivity contribution is 5.77. The number of rotatable bonds is 6. The maximum Gasteiger partial charge on any atom is 0.317 e. The second-order valence-electron chi connectivity index (χ2n) is 7.11. The van der Waals surface area contributed by atoms with Gasteiger partial charge in [0, 0.05) is 52.2 Å². The van der Waals surface area contributed by atoms with E-state index < -0.39 is 0 Å². The van der Waals surface area contributed by atoms with Gasteiger partial charge in [0.05, 0.1) is 6.33 Å². The third kappa shape index (κ3) is 5.25. The highest BCUT2D eigenvalue weighted by Crippen LogP contribution is 2.22. The lowest BCUT2D eigenvalue weighted by Crippen LogP contribution is -2.44. The minimum Gasteiger partial charge on any atom is -0.484 e. The molecule has 8 heteroatoms. The summed E-state index contributed by atoms with van der Waals surface area (Å²) in [5.41, 5.74) is 0.927. The van der Waals surface area contributed by atoms with Crippen LogP contribution in [0, 0.1) is 0 Å². The Bertz CT molecular complexity index is 783. The number of hydrogen-bond acceptors (Lipinski definition) is 4. The Morgan fingerprint density at radius 3 is 2.75 bits per heavy atom. The quantitative estimate of drug-likeness (QED) is 0.824. The van der Waals surface area contributed by atoms with Crippen LogP contribution in [-0.4, -0.2) is 65.1 Å². The second kappa shape index (κ2) is 9.25. The SMILES string of the molecule is CN(C)C(=O)COc1cccc(CNC(=O)N2CCC(n3ccnc3)CC2)c1. The molecule has 28 heavy (non-hydrogen) atoms. The van der Waals surface area contributed by atoms with Gasteiger partial charge in [0.1, 0.15) is 5.75 Å². The Labute approximate surface area is 165 Å². The number of benzene rings is 1. The van der Waals surface area contributed by atoms with Crippen LogP contribution in [0.25, 0.3) is 0 Å². The molecule has 1 aliphatic rings. The zero-order valence-corrected chi connectivity index (χ0v) is 16.4. The summed E-state index contributed by atoms with van der Waals surface area (Å²) in [7, 11) is 3.38. The van der Waals surface area contributed by atoms with E-state index in [2.05, 4.69) is 14.9 Å². The van der Waals surface area contributed by atoms with Crippen molar-refractivity contribution in [1.29, 1.82) is 0 Å². The van der Waals surface area contributed by atoms with Gasteiger partial charge in [0.2, 0.25) is 0 Å². The van der Waals surface area contributed by atoms with Gasteiger partial charge < -0.3 is 24.4 Å². The zero-order chi connectivity index (χ0) is 19.9. The van der Waals surface area contributed by atoms with Gasteiger partial charge in [-0.05, 0) is 30.5 Å². The number of likely N-dealkylation sites (tertiary alicyclic amines) is 1. The molecule has 0 unspecified atom stereocenters. The van der Waals surface area contributed by atoms with E-state index in [0.29, 0.717) is 18.3 Å². The van der Waals surface area contributed by atoms with Crippen molar-refractivity contribution in [1.82, 2.24) is 24.7 Å². The summed E-state index contributed by atoms with van der Waals surface area (Å²) >= 11 is 0. The van der Waals surface area contributed by atoms with Gasteiger partial charge in [0.15, 0.2) is 6.61 Å². The maximum absolute atomic E-state index is 12.5. The minimum atomic E-state index is -0.0993. The molecule has 1 aromatic heterocycles. The van der Waals surface area contributed by atoms with Gasteiger partial charge in [-0.2, -0.15) is 0 Å². The molecule has 0 radical (unpaired) electrons. The van der Waals surface area contributed by atoms with Crippen molar-refractivity contribution < 1.29 is 14.3 Å². The van der Waals surface area contributed by atoms with Crippen molar-refractivity contribution in [3.63, 3.8) is 0 Å². The van der Waals surface area contributed by atoms with E-state index in [4.69, 9.17) is 4.74 Å². The first-order valence-corrected chi connectivity index (χ1v) is 9.45. The summed E-state index contributed by atoms with van der Waals surface area (Å²) in [5.74, 6) is 0.515. The first-order chi connectivity index (χ1) is 13.5. The fraction of sp³-hybridized carbons (Fsp3) is 0.450. The minimum absolute atomic E-state index is 0.00529. The number of urea groups is 1. The molecule has 2 aromatic rings. The second-order valence-corrected chi connectivity index (χ2v) is 7.11. The molecule has 0 atom stereocenters. The van der Waals surface area contributed by atoms with Crippen LogP contribution in [0.15, 0.2) is 43.0 Å². The van der Waals surface area contributed by atoms with E-state index in [0.717, 1.165) is 31.5 Å². The highest BCUT2D eigenvalue weighted by Gasteiger charge is 2.23. The van der Waals surface area contributed by atoms with Crippen LogP contribution >= 0.6 is 0 Å². The summed E-state index contributed by atoms with van der Waals surface area (Å²) in [6.45, 7) is 1.86. The number of imidazole rings is 1. The maximum atomic E-state index is 12.5. The number of piperidine rings is 1. The van der Waals surface area contributed by atoms with Crippen LogP contribution in [-0.2, 0) is 11.3 Å². The summed E-state index contributed by atoms with van der Waals surface area (Å²) in [4.78, 5) is 31.5. The number of ether oxygens (including phenoxy) is 1. The fourth-order valence-corrected chi connectivity index (χ4v) is 3.16. The van der Waals surface area contributed by atoms with Gasteiger partial charge >= 0.3 is 6.03 Å². The van der Waals surface area contributed by atoms with Gasteiger partial charge in [-0.25, -0.2) is 9.78 Å². The van der Waals surface area contributed by atoms with Crippen LogP contribution in [0.3, 0.4) is 0 Å². The number of carbonyl (C=O) groups is 2. The third-order valence-electron chi connectivity index (χ3n) is 4.90. The lowest BCUT2D eigenvalue weighted by atomic mass is 10.1. The van der Waals surface area contributed by atoms with Crippen LogP contribution in [0.5, 0.6) is 5.75 Å². The largest absolute Gasteiger partial charge is 0.484 e. The first-order valence-electron chi connectivity index (χ1n) is 9.45.